The predicted octanol–water partition coefficient (Wildman–Crippen LogP) is 3.61. The third-order valence-corrected chi connectivity index (χ3v) is 3.07. The molecule has 96 valence electrons. The maximum absolute atomic E-state index is 11.6. The molecule has 0 spiro atoms. The van der Waals surface area contributed by atoms with Gasteiger partial charge in [0.1, 0.15) is 17.4 Å². The second-order valence-corrected chi connectivity index (χ2v) is 4.58. The molecule has 0 aromatic heterocycles. The molecule has 1 aliphatic rings. The lowest BCUT2D eigenvalue weighted by molar-refractivity contribution is 0.0594. The fraction of sp³-hybridized carbons (Fsp3) is 0.357. The van der Waals surface area contributed by atoms with Crippen LogP contribution in [0.3, 0.4) is 0 Å². The monoisotopic (exact) mass is 266 g/mol. The number of ether oxygens (including phenoxy) is 2. The van der Waals surface area contributed by atoms with Crippen LogP contribution in [0.1, 0.15) is 29.6 Å². The summed E-state index contributed by atoms with van der Waals surface area (Å²) in [5, 5.41) is 0.488. The van der Waals surface area contributed by atoms with Crippen LogP contribution < -0.4 is 4.74 Å². The first-order chi connectivity index (χ1) is 8.70. The topological polar surface area (TPSA) is 35.5 Å². The summed E-state index contributed by atoms with van der Waals surface area (Å²) in [6.07, 6.45) is 7.29. The van der Waals surface area contributed by atoms with Gasteiger partial charge in [-0.1, -0.05) is 17.7 Å². The molecule has 0 N–H and O–H groups in total. The zero-order valence-electron chi connectivity index (χ0n) is 10.2. The Labute approximate surface area is 111 Å². The van der Waals surface area contributed by atoms with Crippen molar-refractivity contribution in [2.75, 3.05) is 7.11 Å². The van der Waals surface area contributed by atoms with E-state index in [1.807, 2.05) is 6.08 Å². The van der Waals surface area contributed by atoms with E-state index in [0.717, 1.165) is 19.3 Å². The number of hydrogen-bond acceptors (Lipinski definition) is 3. The van der Waals surface area contributed by atoms with Crippen LogP contribution in [0, 0.1) is 0 Å². The van der Waals surface area contributed by atoms with Crippen LogP contribution in [0.4, 0.5) is 0 Å². The molecule has 0 aliphatic heterocycles. The minimum Gasteiger partial charge on any atom is -0.485 e. The summed E-state index contributed by atoms with van der Waals surface area (Å²) in [6, 6.07) is 4.97. The maximum atomic E-state index is 11.6. The van der Waals surface area contributed by atoms with Gasteiger partial charge in [0.05, 0.1) is 7.11 Å². The molecule has 0 saturated carbocycles. The van der Waals surface area contributed by atoms with E-state index in [1.54, 1.807) is 18.2 Å². The lowest BCUT2D eigenvalue weighted by Crippen LogP contribution is -2.17. The van der Waals surface area contributed by atoms with Gasteiger partial charge in [0.2, 0.25) is 0 Å². The Kier molecular flexibility index (Phi) is 4.26. The quantitative estimate of drug-likeness (QED) is 0.619. The normalized spacial score (nSPS) is 18.4. The standard InChI is InChI=1S/C14H15ClO3/c1-17-14(16)12-9-10(15)7-8-13(12)18-11-5-3-2-4-6-11/h3,5,7-9,11H,2,4,6H2,1H3. The third kappa shape index (κ3) is 3.05. The van der Waals surface area contributed by atoms with E-state index in [0.29, 0.717) is 16.3 Å². The molecule has 1 aromatic carbocycles. The number of methoxy groups -OCH3 is 1. The van der Waals surface area contributed by atoms with Crippen LogP contribution >= 0.6 is 11.6 Å². The zero-order valence-corrected chi connectivity index (χ0v) is 10.9. The highest BCUT2D eigenvalue weighted by molar-refractivity contribution is 6.31. The molecular weight excluding hydrogens is 252 g/mol. The average Bonchev–Trinajstić information content (AvgIpc) is 2.41. The van der Waals surface area contributed by atoms with Gasteiger partial charge in [-0.2, -0.15) is 0 Å². The molecule has 0 heterocycles. The number of esters is 1. The molecule has 0 saturated heterocycles. The van der Waals surface area contributed by atoms with Crippen molar-refractivity contribution in [2.24, 2.45) is 0 Å². The van der Waals surface area contributed by atoms with Crippen molar-refractivity contribution in [1.29, 1.82) is 0 Å². The van der Waals surface area contributed by atoms with Crippen molar-refractivity contribution in [3.8, 4) is 5.75 Å². The highest BCUT2D eigenvalue weighted by Gasteiger charge is 2.17. The van der Waals surface area contributed by atoms with Gasteiger partial charge in [-0.05, 0) is 43.5 Å². The van der Waals surface area contributed by atoms with Crippen LogP contribution in [-0.4, -0.2) is 19.2 Å². The predicted molar refractivity (Wildman–Crippen MR) is 70.2 cm³/mol. The molecule has 18 heavy (non-hydrogen) atoms. The molecule has 1 aromatic rings. The van der Waals surface area contributed by atoms with Crippen molar-refractivity contribution in [2.45, 2.75) is 25.4 Å². The summed E-state index contributed by atoms with van der Waals surface area (Å²) in [7, 11) is 1.34. The van der Waals surface area contributed by atoms with Crippen molar-refractivity contribution in [1.82, 2.24) is 0 Å². The van der Waals surface area contributed by atoms with Gasteiger partial charge in [0.25, 0.3) is 0 Å². The largest absolute Gasteiger partial charge is 0.485 e. The lowest BCUT2D eigenvalue weighted by Gasteiger charge is -2.20. The Bertz CT molecular complexity index is 468. The summed E-state index contributed by atoms with van der Waals surface area (Å²) in [5.74, 6) is 0.0788. The molecule has 0 bridgehead atoms. The number of rotatable bonds is 3. The Balaban J connectivity index is 2.23. The third-order valence-electron chi connectivity index (χ3n) is 2.84. The second kappa shape index (κ2) is 5.91. The van der Waals surface area contributed by atoms with Gasteiger partial charge >= 0.3 is 5.97 Å². The van der Waals surface area contributed by atoms with E-state index in [9.17, 15) is 4.79 Å². The van der Waals surface area contributed by atoms with Crippen molar-refractivity contribution >= 4 is 17.6 Å². The van der Waals surface area contributed by atoms with Crippen LogP contribution in [0.15, 0.2) is 30.4 Å². The Morgan fingerprint density at radius 2 is 2.28 bits per heavy atom. The molecule has 4 heteroatoms. The Morgan fingerprint density at radius 3 is 2.94 bits per heavy atom. The summed E-state index contributed by atoms with van der Waals surface area (Å²) < 4.78 is 10.5. The molecule has 1 atom stereocenters. The fourth-order valence-electron chi connectivity index (χ4n) is 1.92. The van der Waals surface area contributed by atoms with Crippen LogP contribution in [0.5, 0.6) is 5.75 Å². The molecule has 1 aliphatic carbocycles. The van der Waals surface area contributed by atoms with E-state index in [1.165, 1.54) is 7.11 Å². The molecule has 3 nitrogen and oxygen atoms in total. The number of allylic oxidation sites excluding steroid dienone is 1. The fourth-order valence-corrected chi connectivity index (χ4v) is 2.09. The number of halogens is 1. The first-order valence-corrected chi connectivity index (χ1v) is 6.29. The number of benzene rings is 1. The average molecular weight is 267 g/mol. The molecule has 0 fully saturated rings. The summed E-state index contributed by atoms with van der Waals surface area (Å²) in [6.45, 7) is 0. The first-order valence-electron chi connectivity index (χ1n) is 5.92. The molecular formula is C14H15ClO3. The smallest absolute Gasteiger partial charge is 0.341 e. The second-order valence-electron chi connectivity index (χ2n) is 4.15. The van der Waals surface area contributed by atoms with E-state index in [4.69, 9.17) is 21.1 Å². The lowest BCUT2D eigenvalue weighted by atomic mass is 10.1. The summed E-state index contributed by atoms with van der Waals surface area (Å²) in [5.41, 5.74) is 0.365. The molecule has 1 unspecified atom stereocenters. The molecule has 2 rings (SSSR count). The van der Waals surface area contributed by atoms with E-state index >= 15 is 0 Å². The van der Waals surface area contributed by atoms with Gasteiger partial charge < -0.3 is 9.47 Å². The van der Waals surface area contributed by atoms with Crippen LogP contribution in [0.25, 0.3) is 0 Å². The van der Waals surface area contributed by atoms with Crippen molar-refractivity contribution in [3.05, 3.63) is 40.9 Å². The SMILES string of the molecule is COC(=O)c1cc(Cl)ccc1OC1C=CCCC1. The molecule has 0 amide bonds. The van der Waals surface area contributed by atoms with Gasteiger partial charge in [-0.25, -0.2) is 4.79 Å². The minimum absolute atomic E-state index is 0.0170. The Hall–Kier alpha value is -1.48. The van der Waals surface area contributed by atoms with Crippen LogP contribution in [-0.2, 0) is 4.74 Å². The van der Waals surface area contributed by atoms with E-state index in [2.05, 4.69) is 6.08 Å². The van der Waals surface area contributed by atoms with Gasteiger partial charge in [0, 0.05) is 5.02 Å². The van der Waals surface area contributed by atoms with Crippen molar-refractivity contribution in [3.63, 3.8) is 0 Å². The van der Waals surface area contributed by atoms with Gasteiger partial charge in [0.15, 0.2) is 0 Å². The minimum atomic E-state index is -0.438. The van der Waals surface area contributed by atoms with Gasteiger partial charge in [-0.3, -0.25) is 0 Å². The van der Waals surface area contributed by atoms with Gasteiger partial charge in [-0.15, -0.1) is 0 Å². The first kappa shape index (κ1) is 13.0. The van der Waals surface area contributed by atoms with Crippen LogP contribution in [0.2, 0.25) is 5.02 Å². The summed E-state index contributed by atoms with van der Waals surface area (Å²) in [4.78, 5) is 11.6. The summed E-state index contributed by atoms with van der Waals surface area (Å²) >= 11 is 5.88. The van der Waals surface area contributed by atoms with Crippen molar-refractivity contribution < 1.29 is 14.3 Å². The highest BCUT2D eigenvalue weighted by Crippen LogP contribution is 2.26. The van der Waals surface area contributed by atoms with E-state index in [-0.39, 0.29) is 6.10 Å². The number of carbonyl (C=O) groups excluding carboxylic acids is 1. The van der Waals surface area contributed by atoms with E-state index < -0.39 is 5.97 Å². The Morgan fingerprint density at radius 1 is 1.44 bits per heavy atom. The molecule has 0 radical (unpaired) electrons. The number of hydrogen-bond donors (Lipinski definition) is 0. The highest BCUT2D eigenvalue weighted by atomic mass is 35.5. The maximum Gasteiger partial charge on any atom is 0.341 e. The number of carbonyl (C=O) groups is 1. The zero-order chi connectivity index (χ0) is 13.0.